The summed E-state index contributed by atoms with van der Waals surface area (Å²) in [6.45, 7) is 2.85. The zero-order chi connectivity index (χ0) is 11.8. The molecule has 3 N–H and O–H groups in total. The molecular formula is C9H18N4O2S. The number of hydrogen-bond acceptors (Lipinski definition) is 4. The van der Waals surface area contributed by atoms with E-state index in [1.807, 2.05) is 4.90 Å². The van der Waals surface area contributed by atoms with Crippen molar-refractivity contribution in [1.82, 2.24) is 9.21 Å². The van der Waals surface area contributed by atoms with E-state index in [0.29, 0.717) is 32.7 Å². The van der Waals surface area contributed by atoms with Crippen molar-refractivity contribution in [2.75, 3.05) is 32.7 Å². The Balaban J connectivity index is 1.87. The third kappa shape index (κ3) is 2.53. The van der Waals surface area contributed by atoms with Gasteiger partial charge in [-0.1, -0.05) is 0 Å². The molecule has 1 heterocycles. The lowest BCUT2D eigenvalue weighted by Crippen LogP contribution is -2.51. The first-order chi connectivity index (χ1) is 7.50. The zero-order valence-corrected chi connectivity index (χ0v) is 10.0. The molecule has 2 aliphatic rings. The average Bonchev–Trinajstić information content (AvgIpc) is 3.00. The summed E-state index contributed by atoms with van der Waals surface area (Å²) in [7, 11) is -3.02. The molecule has 0 unspecified atom stereocenters. The van der Waals surface area contributed by atoms with E-state index in [9.17, 15) is 8.42 Å². The minimum Gasteiger partial charge on any atom is -0.387 e. The van der Waals surface area contributed by atoms with Crippen LogP contribution in [-0.4, -0.2) is 61.4 Å². The molecular weight excluding hydrogens is 228 g/mol. The number of nitrogens with two attached hydrogens (primary N) is 1. The van der Waals surface area contributed by atoms with Gasteiger partial charge in [0.1, 0.15) is 5.84 Å². The van der Waals surface area contributed by atoms with Crippen LogP contribution in [0, 0.1) is 5.41 Å². The first kappa shape index (κ1) is 11.8. The minimum absolute atomic E-state index is 0.119. The maximum absolute atomic E-state index is 11.9. The second-order valence-corrected chi connectivity index (χ2v) is 6.66. The second kappa shape index (κ2) is 4.31. The van der Waals surface area contributed by atoms with E-state index in [4.69, 9.17) is 11.1 Å². The molecule has 1 aliphatic heterocycles. The zero-order valence-electron chi connectivity index (χ0n) is 9.22. The van der Waals surface area contributed by atoms with Crippen molar-refractivity contribution in [3.05, 3.63) is 0 Å². The first-order valence-electron chi connectivity index (χ1n) is 5.54. The number of nitrogens with zero attached hydrogens (tertiary/aromatic N) is 2. The summed E-state index contributed by atoms with van der Waals surface area (Å²) in [4.78, 5) is 2.02. The van der Waals surface area contributed by atoms with Crippen LogP contribution in [0.5, 0.6) is 0 Å². The van der Waals surface area contributed by atoms with E-state index in [2.05, 4.69) is 0 Å². The fraction of sp³-hybridized carbons (Fsp3) is 0.889. The van der Waals surface area contributed by atoms with Gasteiger partial charge in [-0.15, -0.1) is 0 Å². The summed E-state index contributed by atoms with van der Waals surface area (Å²) in [6.07, 6.45) is 1.63. The average molecular weight is 246 g/mol. The van der Waals surface area contributed by atoms with Gasteiger partial charge in [0.15, 0.2) is 0 Å². The van der Waals surface area contributed by atoms with Crippen LogP contribution < -0.4 is 5.73 Å². The Hall–Kier alpha value is -0.660. The molecule has 0 amide bonds. The van der Waals surface area contributed by atoms with Crippen LogP contribution in [0.15, 0.2) is 0 Å². The topological polar surface area (TPSA) is 90.5 Å². The van der Waals surface area contributed by atoms with Gasteiger partial charge in [0.2, 0.25) is 10.0 Å². The Bertz CT molecular complexity index is 369. The number of nitrogens with one attached hydrogen (secondary N) is 1. The van der Waals surface area contributed by atoms with Crippen LogP contribution in [0.25, 0.3) is 0 Å². The predicted molar refractivity (Wildman–Crippen MR) is 61.9 cm³/mol. The number of sulfonamides is 1. The lowest BCUT2D eigenvalue weighted by Gasteiger charge is -2.33. The maximum Gasteiger partial charge on any atom is 0.217 e. The van der Waals surface area contributed by atoms with E-state index in [-0.39, 0.29) is 11.1 Å². The van der Waals surface area contributed by atoms with E-state index in [1.165, 1.54) is 0 Å². The highest BCUT2D eigenvalue weighted by Crippen LogP contribution is 2.31. The lowest BCUT2D eigenvalue weighted by atomic mass is 10.3. The quantitative estimate of drug-likeness (QED) is 0.493. The van der Waals surface area contributed by atoms with Crippen LogP contribution in [0.4, 0.5) is 0 Å². The molecule has 6 nitrogen and oxygen atoms in total. The van der Waals surface area contributed by atoms with Gasteiger partial charge in [0, 0.05) is 26.2 Å². The number of amidine groups is 1. The standard InChI is InChI=1S/C9H18N4O2S/c10-9(11)7-12-3-5-13(6-4-12)16(14,15)8-1-2-8/h8H,1-7H2,(H3,10,11). The third-order valence-corrected chi connectivity index (χ3v) is 5.43. The van der Waals surface area contributed by atoms with E-state index in [1.54, 1.807) is 4.31 Å². The summed E-state index contributed by atoms with van der Waals surface area (Å²) in [5.41, 5.74) is 5.31. The molecule has 0 aromatic carbocycles. The van der Waals surface area contributed by atoms with Gasteiger partial charge < -0.3 is 5.73 Å². The first-order valence-corrected chi connectivity index (χ1v) is 7.04. The van der Waals surface area contributed by atoms with Gasteiger partial charge in [-0.3, -0.25) is 10.3 Å². The second-order valence-electron chi connectivity index (χ2n) is 4.44. The lowest BCUT2D eigenvalue weighted by molar-refractivity contribution is 0.208. The molecule has 0 radical (unpaired) electrons. The molecule has 0 bridgehead atoms. The van der Waals surface area contributed by atoms with Crippen molar-refractivity contribution in [1.29, 1.82) is 5.41 Å². The molecule has 2 rings (SSSR count). The molecule has 92 valence electrons. The van der Waals surface area contributed by atoms with Crippen molar-refractivity contribution in [2.45, 2.75) is 18.1 Å². The summed E-state index contributed by atoms with van der Waals surface area (Å²) in [6, 6.07) is 0. The summed E-state index contributed by atoms with van der Waals surface area (Å²) < 4.78 is 25.4. The Labute approximate surface area is 96.0 Å². The van der Waals surface area contributed by atoms with Gasteiger partial charge >= 0.3 is 0 Å². The predicted octanol–water partition coefficient (Wildman–Crippen LogP) is -0.968. The minimum atomic E-state index is -3.02. The van der Waals surface area contributed by atoms with Gasteiger partial charge in [0.05, 0.1) is 11.8 Å². The van der Waals surface area contributed by atoms with Gasteiger partial charge in [-0.2, -0.15) is 4.31 Å². The summed E-state index contributed by atoms with van der Waals surface area (Å²) >= 11 is 0. The van der Waals surface area contributed by atoms with E-state index >= 15 is 0 Å². The normalized spacial score (nSPS) is 24.5. The molecule has 0 atom stereocenters. The van der Waals surface area contributed by atoms with E-state index < -0.39 is 10.0 Å². The number of hydrogen-bond donors (Lipinski definition) is 2. The highest BCUT2D eigenvalue weighted by molar-refractivity contribution is 7.90. The van der Waals surface area contributed by atoms with Crippen LogP contribution in [-0.2, 0) is 10.0 Å². The largest absolute Gasteiger partial charge is 0.387 e. The van der Waals surface area contributed by atoms with Crippen LogP contribution in [0.1, 0.15) is 12.8 Å². The van der Waals surface area contributed by atoms with Gasteiger partial charge in [-0.25, -0.2) is 8.42 Å². The van der Waals surface area contributed by atoms with Crippen LogP contribution >= 0.6 is 0 Å². The van der Waals surface area contributed by atoms with Crippen LogP contribution in [0.3, 0.4) is 0 Å². The summed E-state index contributed by atoms with van der Waals surface area (Å²) in [5.74, 6) is 0.138. The Morgan fingerprint density at radius 2 is 1.81 bits per heavy atom. The molecule has 0 aromatic heterocycles. The monoisotopic (exact) mass is 246 g/mol. The maximum atomic E-state index is 11.9. The molecule has 0 aromatic rings. The molecule has 1 aliphatic carbocycles. The van der Waals surface area contributed by atoms with Crippen molar-refractivity contribution < 1.29 is 8.42 Å². The third-order valence-electron chi connectivity index (χ3n) is 3.03. The highest BCUT2D eigenvalue weighted by atomic mass is 32.2. The Morgan fingerprint density at radius 1 is 1.25 bits per heavy atom. The Kier molecular flexibility index (Phi) is 3.18. The molecule has 2 fully saturated rings. The number of rotatable bonds is 4. The van der Waals surface area contributed by atoms with Crippen LogP contribution in [0.2, 0.25) is 0 Å². The number of piperazine rings is 1. The van der Waals surface area contributed by atoms with Gasteiger partial charge in [-0.05, 0) is 12.8 Å². The summed E-state index contributed by atoms with van der Waals surface area (Å²) in [5, 5.41) is 7.07. The van der Waals surface area contributed by atoms with Crippen molar-refractivity contribution in [3.8, 4) is 0 Å². The SMILES string of the molecule is N=C(N)CN1CCN(S(=O)(=O)C2CC2)CC1. The molecule has 0 spiro atoms. The fourth-order valence-electron chi connectivity index (χ4n) is 1.96. The molecule has 7 heteroatoms. The molecule has 16 heavy (non-hydrogen) atoms. The van der Waals surface area contributed by atoms with Crippen molar-refractivity contribution in [3.63, 3.8) is 0 Å². The Morgan fingerprint density at radius 3 is 2.25 bits per heavy atom. The smallest absolute Gasteiger partial charge is 0.217 e. The van der Waals surface area contributed by atoms with Gasteiger partial charge in [0.25, 0.3) is 0 Å². The van der Waals surface area contributed by atoms with E-state index in [0.717, 1.165) is 12.8 Å². The fourth-order valence-corrected chi connectivity index (χ4v) is 3.79. The van der Waals surface area contributed by atoms with Crippen molar-refractivity contribution in [2.24, 2.45) is 5.73 Å². The highest BCUT2D eigenvalue weighted by Gasteiger charge is 2.40. The van der Waals surface area contributed by atoms with Crippen molar-refractivity contribution >= 4 is 15.9 Å². The molecule has 1 saturated heterocycles. The molecule has 1 saturated carbocycles.